The van der Waals surface area contributed by atoms with Crippen LogP contribution in [-0.4, -0.2) is 28.1 Å². The first kappa shape index (κ1) is 14.4. The predicted molar refractivity (Wildman–Crippen MR) is 71.4 cm³/mol. The normalized spacial score (nSPS) is 10.5. The number of nitrogen functional groups attached to an aromatic ring is 1. The fraction of sp³-hybridized carbons (Fsp3) is 0.727. The Morgan fingerprint density at radius 2 is 1.78 bits per heavy atom. The van der Waals surface area contributed by atoms with Crippen LogP contribution in [0.25, 0.3) is 0 Å². The van der Waals surface area contributed by atoms with Crippen LogP contribution in [0.1, 0.15) is 33.6 Å². The van der Waals surface area contributed by atoms with Crippen LogP contribution in [0.5, 0.6) is 6.01 Å². The summed E-state index contributed by atoms with van der Waals surface area (Å²) in [5.41, 5.74) is 2.40. The van der Waals surface area contributed by atoms with Crippen molar-refractivity contribution >= 4 is 11.9 Å². The molecular weight excluding hydrogens is 232 g/mol. The van der Waals surface area contributed by atoms with Gasteiger partial charge in [-0.2, -0.15) is 15.0 Å². The fourth-order valence-corrected chi connectivity index (χ4v) is 1.51. The van der Waals surface area contributed by atoms with Gasteiger partial charge >= 0.3 is 6.01 Å². The highest BCUT2D eigenvalue weighted by Crippen LogP contribution is 2.12. The maximum atomic E-state index is 5.31. The molecule has 7 heteroatoms. The summed E-state index contributed by atoms with van der Waals surface area (Å²) in [6, 6.07) is 0.271. The number of rotatable bonds is 8. The van der Waals surface area contributed by atoms with Crippen LogP contribution in [0.4, 0.5) is 11.9 Å². The second-order valence-electron chi connectivity index (χ2n) is 3.91. The number of ether oxygens (including phenoxy) is 1. The van der Waals surface area contributed by atoms with Crippen molar-refractivity contribution in [1.82, 2.24) is 15.0 Å². The number of nitrogens with zero attached hydrogens (tertiary/aromatic N) is 3. The van der Waals surface area contributed by atoms with E-state index in [1.54, 1.807) is 0 Å². The van der Waals surface area contributed by atoms with E-state index in [9.17, 15) is 0 Å². The second-order valence-corrected chi connectivity index (χ2v) is 3.91. The van der Waals surface area contributed by atoms with Crippen molar-refractivity contribution in [2.24, 2.45) is 11.8 Å². The molecule has 0 amide bonds. The standard InChI is InChI=1S/C11H22N6O/c1-4-8(5-2)7-13-9-14-10(17-12)16-11(15-9)18-6-3/h8H,4-7,12H2,1-3H3,(H2,13,14,15,16,17). The lowest BCUT2D eigenvalue weighted by Gasteiger charge is -2.13. The minimum atomic E-state index is 0.271. The maximum absolute atomic E-state index is 5.31. The molecule has 1 heterocycles. The molecule has 0 unspecified atom stereocenters. The number of hydrogen-bond acceptors (Lipinski definition) is 7. The van der Waals surface area contributed by atoms with Crippen LogP contribution < -0.4 is 21.3 Å². The Bertz CT molecular complexity index is 355. The summed E-state index contributed by atoms with van der Waals surface area (Å²) in [6.07, 6.45) is 2.24. The van der Waals surface area contributed by atoms with Crippen LogP contribution in [0.2, 0.25) is 0 Å². The monoisotopic (exact) mass is 254 g/mol. The van der Waals surface area contributed by atoms with Crippen molar-refractivity contribution in [3.8, 4) is 6.01 Å². The molecule has 0 aliphatic rings. The number of hydrogen-bond donors (Lipinski definition) is 3. The lowest BCUT2D eigenvalue weighted by Crippen LogP contribution is -2.17. The molecule has 0 saturated heterocycles. The molecule has 1 aromatic rings. The van der Waals surface area contributed by atoms with Crippen LogP contribution in [0.15, 0.2) is 0 Å². The molecule has 1 rings (SSSR count). The van der Waals surface area contributed by atoms with E-state index in [0.717, 1.165) is 19.4 Å². The molecule has 0 aromatic carbocycles. The van der Waals surface area contributed by atoms with Crippen LogP contribution >= 0.6 is 0 Å². The summed E-state index contributed by atoms with van der Waals surface area (Å²) in [5, 5.41) is 3.18. The van der Waals surface area contributed by atoms with Gasteiger partial charge in [0.1, 0.15) is 0 Å². The second kappa shape index (κ2) is 7.65. The molecule has 0 saturated carbocycles. The Balaban J connectivity index is 2.71. The molecule has 0 atom stereocenters. The lowest BCUT2D eigenvalue weighted by molar-refractivity contribution is 0.312. The average Bonchev–Trinajstić information content (AvgIpc) is 2.40. The van der Waals surface area contributed by atoms with E-state index in [1.165, 1.54) is 0 Å². The molecule has 7 nitrogen and oxygen atoms in total. The quantitative estimate of drug-likeness (QED) is 0.476. The van der Waals surface area contributed by atoms with Gasteiger partial charge in [-0.3, -0.25) is 5.43 Å². The van der Waals surface area contributed by atoms with E-state index in [0.29, 0.717) is 24.4 Å². The molecule has 0 aliphatic carbocycles. The Morgan fingerprint density at radius 3 is 2.33 bits per heavy atom. The fourth-order valence-electron chi connectivity index (χ4n) is 1.51. The number of aromatic nitrogens is 3. The van der Waals surface area contributed by atoms with Crippen molar-refractivity contribution in [3.05, 3.63) is 0 Å². The molecule has 0 spiro atoms. The summed E-state index contributed by atoms with van der Waals surface area (Å²) in [7, 11) is 0. The zero-order valence-corrected chi connectivity index (χ0v) is 11.2. The first-order chi connectivity index (χ1) is 8.73. The molecule has 4 N–H and O–H groups in total. The van der Waals surface area contributed by atoms with E-state index >= 15 is 0 Å². The van der Waals surface area contributed by atoms with Crippen molar-refractivity contribution in [1.29, 1.82) is 0 Å². The SMILES string of the molecule is CCOc1nc(NN)nc(NCC(CC)CC)n1. The van der Waals surface area contributed by atoms with Crippen LogP contribution in [0.3, 0.4) is 0 Å². The van der Waals surface area contributed by atoms with Gasteiger partial charge < -0.3 is 10.1 Å². The molecule has 1 aromatic heterocycles. The first-order valence-corrected chi connectivity index (χ1v) is 6.32. The maximum Gasteiger partial charge on any atom is 0.323 e. The third-order valence-corrected chi connectivity index (χ3v) is 2.72. The third kappa shape index (κ3) is 4.33. The highest BCUT2D eigenvalue weighted by atomic mass is 16.5. The topological polar surface area (TPSA) is 98.0 Å². The zero-order valence-electron chi connectivity index (χ0n) is 11.2. The van der Waals surface area contributed by atoms with Crippen molar-refractivity contribution < 1.29 is 4.74 Å². The van der Waals surface area contributed by atoms with Gasteiger partial charge in [0.2, 0.25) is 11.9 Å². The van der Waals surface area contributed by atoms with E-state index in [1.807, 2.05) is 6.92 Å². The smallest absolute Gasteiger partial charge is 0.323 e. The molecule has 0 aliphatic heterocycles. The summed E-state index contributed by atoms with van der Waals surface area (Å²) >= 11 is 0. The highest BCUT2D eigenvalue weighted by molar-refractivity contribution is 5.34. The van der Waals surface area contributed by atoms with Crippen molar-refractivity contribution in [2.45, 2.75) is 33.6 Å². The van der Waals surface area contributed by atoms with Gasteiger partial charge in [0.25, 0.3) is 0 Å². The molecule has 102 valence electrons. The third-order valence-electron chi connectivity index (χ3n) is 2.72. The van der Waals surface area contributed by atoms with Gasteiger partial charge in [-0.1, -0.05) is 26.7 Å². The zero-order chi connectivity index (χ0) is 13.4. The Kier molecular flexibility index (Phi) is 6.13. The molecule has 0 fully saturated rings. The van der Waals surface area contributed by atoms with Gasteiger partial charge in [0, 0.05) is 6.54 Å². The van der Waals surface area contributed by atoms with E-state index in [4.69, 9.17) is 10.6 Å². The number of nitrogens with two attached hydrogens (primary N) is 1. The molecule has 18 heavy (non-hydrogen) atoms. The Labute approximate surface area is 108 Å². The molecule has 0 radical (unpaired) electrons. The van der Waals surface area contributed by atoms with Gasteiger partial charge in [-0.25, -0.2) is 5.84 Å². The largest absolute Gasteiger partial charge is 0.464 e. The van der Waals surface area contributed by atoms with E-state index < -0.39 is 0 Å². The Morgan fingerprint density at radius 1 is 1.11 bits per heavy atom. The van der Waals surface area contributed by atoms with E-state index in [2.05, 4.69) is 39.5 Å². The summed E-state index contributed by atoms with van der Waals surface area (Å²) in [5.74, 6) is 6.68. The molecular formula is C11H22N6O. The van der Waals surface area contributed by atoms with E-state index in [-0.39, 0.29) is 6.01 Å². The van der Waals surface area contributed by atoms with Crippen LogP contribution in [0, 0.1) is 5.92 Å². The first-order valence-electron chi connectivity index (χ1n) is 6.32. The number of nitrogens with one attached hydrogen (secondary N) is 2. The summed E-state index contributed by atoms with van der Waals surface area (Å²) in [6.45, 7) is 7.53. The van der Waals surface area contributed by atoms with Gasteiger partial charge in [-0.15, -0.1) is 0 Å². The highest BCUT2D eigenvalue weighted by Gasteiger charge is 2.08. The number of hydrazine groups is 1. The average molecular weight is 254 g/mol. The molecule has 0 bridgehead atoms. The van der Waals surface area contributed by atoms with Gasteiger partial charge in [0.15, 0.2) is 0 Å². The summed E-state index contributed by atoms with van der Waals surface area (Å²) in [4.78, 5) is 12.3. The lowest BCUT2D eigenvalue weighted by atomic mass is 10.0. The van der Waals surface area contributed by atoms with Crippen molar-refractivity contribution in [3.63, 3.8) is 0 Å². The minimum absolute atomic E-state index is 0.271. The number of anilines is 2. The van der Waals surface area contributed by atoms with Gasteiger partial charge in [-0.05, 0) is 12.8 Å². The van der Waals surface area contributed by atoms with Gasteiger partial charge in [0.05, 0.1) is 6.61 Å². The Hall–Kier alpha value is -1.63. The van der Waals surface area contributed by atoms with Crippen LogP contribution in [-0.2, 0) is 0 Å². The summed E-state index contributed by atoms with van der Waals surface area (Å²) < 4.78 is 5.25. The van der Waals surface area contributed by atoms with Crippen molar-refractivity contribution in [2.75, 3.05) is 23.9 Å². The minimum Gasteiger partial charge on any atom is -0.464 e. The predicted octanol–water partition coefficient (Wildman–Crippen LogP) is 1.40.